The molecule has 154 valence electrons. The molecule has 3 amide bonds. The molecule has 1 unspecified atom stereocenters. The van der Waals surface area contributed by atoms with E-state index in [0.717, 1.165) is 5.56 Å². The minimum Gasteiger partial charge on any atom is -0.445 e. The molecule has 8 nitrogen and oxygen atoms in total. The zero-order valence-electron chi connectivity index (χ0n) is 17.2. The largest absolute Gasteiger partial charge is 0.445 e. The summed E-state index contributed by atoms with van der Waals surface area (Å²) in [6, 6.07) is 8.50. The smallest absolute Gasteiger partial charge is 0.410 e. The fourth-order valence-corrected chi connectivity index (χ4v) is 2.81. The predicted molar refractivity (Wildman–Crippen MR) is 104 cm³/mol. The average Bonchev–Trinajstić information content (AvgIpc) is 2.64. The Morgan fingerprint density at radius 2 is 1.71 bits per heavy atom. The van der Waals surface area contributed by atoms with Crippen molar-refractivity contribution in [3.8, 4) is 0 Å². The molecule has 1 aliphatic rings. The first-order valence-corrected chi connectivity index (χ1v) is 9.25. The number of hydrogen-bond donors (Lipinski definition) is 0. The van der Waals surface area contributed by atoms with Crippen LogP contribution < -0.4 is 0 Å². The van der Waals surface area contributed by atoms with Crippen molar-refractivity contribution in [2.24, 2.45) is 0 Å². The van der Waals surface area contributed by atoms with Gasteiger partial charge in [-0.25, -0.2) is 9.59 Å². The summed E-state index contributed by atoms with van der Waals surface area (Å²) < 4.78 is 10.8. The number of benzene rings is 1. The van der Waals surface area contributed by atoms with Gasteiger partial charge in [-0.2, -0.15) is 0 Å². The molecule has 0 spiro atoms. The summed E-state index contributed by atoms with van der Waals surface area (Å²) in [7, 11) is 3.23. The summed E-state index contributed by atoms with van der Waals surface area (Å²) in [4.78, 5) is 41.9. The SMILES string of the molecule is CN(C)C(=O)C1CN(C(=O)OC(C)(C)C)CCN1C(=O)OCc1ccccc1. The Bertz CT molecular complexity index is 700. The van der Waals surface area contributed by atoms with Gasteiger partial charge < -0.3 is 19.3 Å². The highest BCUT2D eigenvalue weighted by Crippen LogP contribution is 2.17. The van der Waals surface area contributed by atoms with E-state index in [4.69, 9.17) is 9.47 Å². The summed E-state index contributed by atoms with van der Waals surface area (Å²) >= 11 is 0. The number of carbonyl (C=O) groups excluding carboxylic acids is 3. The molecule has 0 aliphatic carbocycles. The maximum Gasteiger partial charge on any atom is 0.410 e. The number of carbonyl (C=O) groups is 3. The number of amides is 3. The van der Waals surface area contributed by atoms with Gasteiger partial charge in [-0.1, -0.05) is 30.3 Å². The minimum absolute atomic E-state index is 0.0619. The zero-order chi connectivity index (χ0) is 20.9. The number of nitrogens with zero attached hydrogens (tertiary/aromatic N) is 3. The van der Waals surface area contributed by atoms with Crippen molar-refractivity contribution in [2.75, 3.05) is 33.7 Å². The monoisotopic (exact) mass is 391 g/mol. The lowest BCUT2D eigenvalue weighted by Gasteiger charge is -2.40. The third-order valence-electron chi connectivity index (χ3n) is 4.20. The van der Waals surface area contributed by atoms with Crippen LogP contribution in [0.1, 0.15) is 26.3 Å². The van der Waals surface area contributed by atoms with E-state index >= 15 is 0 Å². The van der Waals surface area contributed by atoms with Crippen LogP contribution in [-0.4, -0.2) is 78.2 Å². The Morgan fingerprint density at radius 3 is 2.29 bits per heavy atom. The van der Waals surface area contributed by atoms with Gasteiger partial charge in [0.1, 0.15) is 18.2 Å². The van der Waals surface area contributed by atoms with Crippen LogP contribution in [0.5, 0.6) is 0 Å². The first-order valence-electron chi connectivity index (χ1n) is 9.25. The number of hydrogen-bond acceptors (Lipinski definition) is 5. The van der Waals surface area contributed by atoms with Crippen molar-refractivity contribution < 1.29 is 23.9 Å². The maximum absolute atomic E-state index is 12.6. The Labute approximate surface area is 166 Å². The van der Waals surface area contributed by atoms with Gasteiger partial charge in [0.2, 0.25) is 5.91 Å². The van der Waals surface area contributed by atoms with Crippen LogP contribution in [0, 0.1) is 0 Å². The van der Waals surface area contributed by atoms with Crippen LogP contribution in [0.25, 0.3) is 0 Å². The van der Waals surface area contributed by atoms with Crippen LogP contribution in [0.15, 0.2) is 30.3 Å². The van der Waals surface area contributed by atoms with Crippen LogP contribution in [-0.2, 0) is 20.9 Å². The number of ether oxygens (including phenoxy) is 2. The standard InChI is InChI=1S/C20H29N3O5/c1-20(2,3)28-18(25)22-11-12-23(16(13-22)17(24)21(4)5)19(26)27-14-15-9-7-6-8-10-15/h6-10,16H,11-14H2,1-5H3. The van der Waals surface area contributed by atoms with Gasteiger partial charge in [-0.15, -0.1) is 0 Å². The fraction of sp³-hybridized carbons (Fsp3) is 0.550. The van der Waals surface area contributed by atoms with Gasteiger partial charge in [-0.3, -0.25) is 9.69 Å². The third kappa shape index (κ3) is 5.87. The molecule has 1 atom stereocenters. The molecule has 1 aliphatic heterocycles. The Hall–Kier alpha value is -2.77. The molecule has 2 rings (SSSR count). The molecule has 1 saturated heterocycles. The van der Waals surface area contributed by atoms with E-state index in [-0.39, 0.29) is 32.1 Å². The van der Waals surface area contributed by atoms with E-state index in [2.05, 4.69) is 0 Å². The van der Waals surface area contributed by atoms with Crippen LogP contribution in [0.3, 0.4) is 0 Å². The van der Waals surface area contributed by atoms with Crippen molar-refractivity contribution in [2.45, 2.75) is 39.0 Å². The summed E-state index contributed by atoms with van der Waals surface area (Å²) in [5.41, 5.74) is 0.225. The Kier molecular flexibility index (Phi) is 6.88. The quantitative estimate of drug-likeness (QED) is 0.790. The van der Waals surface area contributed by atoms with E-state index in [1.54, 1.807) is 34.9 Å². The second-order valence-corrected chi connectivity index (χ2v) is 7.91. The topological polar surface area (TPSA) is 79.4 Å². The lowest BCUT2D eigenvalue weighted by molar-refractivity contribution is -0.136. The van der Waals surface area contributed by atoms with Gasteiger partial charge in [0.25, 0.3) is 0 Å². The van der Waals surface area contributed by atoms with Crippen LogP contribution in [0.2, 0.25) is 0 Å². The van der Waals surface area contributed by atoms with E-state index in [1.807, 2.05) is 30.3 Å². The molecular formula is C20H29N3O5. The molecule has 0 radical (unpaired) electrons. The second kappa shape index (κ2) is 8.95. The maximum atomic E-state index is 12.6. The van der Waals surface area contributed by atoms with Gasteiger partial charge in [-0.05, 0) is 26.3 Å². The number of piperazine rings is 1. The highest BCUT2D eigenvalue weighted by atomic mass is 16.6. The number of likely N-dealkylation sites (N-methyl/N-ethyl adjacent to an activating group) is 1. The molecule has 0 bridgehead atoms. The first-order chi connectivity index (χ1) is 13.1. The predicted octanol–water partition coefficient (Wildman–Crippen LogP) is 2.33. The summed E-state index contributed by atoms with van der Waals surface area (Å²) in [6.45, 7) is 5.99. The van der Waals surface area contributed by atoms with E-state index in [9.17, 15) is 14.4 Å². The van der Waals surface area contributed by atoms with Crippen molar-refractivity contribution >= 4 is 18.1 Å². The molecular weight excluding hydrogens is 362 g/mol. The Morgan fingerprint density at radius 1 is 1.07 bits per heavy atom. The zero-order valence-corrected chi connectivity index (χ0v) is 17.2. The molecule has 1 aromatic rings. The molecule has 0 saturated carbocycles. The minimum atomic E-state index is -0.820. The highest BCUT2D eigenvalue weighted by Gasteiger charge is 2.39. The second-order valence-electron chi connectivity index (χ2n) is 7.91. The van der Waals surface area contributed by atoms with Crippen LogP contribution >= 0.6 is 0 Å². The Balaban J connectivity index is 2.07. The van der Waals surface area contributed by atoms with Gasteiger partial charge in [0, 0.05) is 27.2 Å². The summed E-state index contributed by atoms with van der Waals surface area (Å²) in [6.07, 6.45) is -1.07. The summed E-state index contributed by atoms with van der Waals surface area (Å²) in [5, 5.41) is 0. The van der Waals surface area contributed by atoms with E-state index in [0.29, 0.717) is 0 Å². The molecule has 0 N–H and O–H groups in total. The van der Waals surface area contributed by atoms with Crippen molar-refractivity contribution in [1.29, 1.82) is 0 Å². The van der Waals surface area contributed by atoms with Gasteiger partial charge >= 0.3 is 12.2 Å². The molecule has 8 heteroatoms. The molecule has 1 heterocycles. The average molecular weight is 391 g/mol. The lowest BCUT2D eigenvalue weighted by atomic mass is 10.1. The van der Waals surface area contributed by atoms with Crippen molar-refractivity contribution in [3.63, 3.8) is 0 Å². The lowest BCUT2D eigenvalue weighted by Crippen LogP contribution is -2.61. The normalized spacial score (nSPS) is 17.1. The van der Waals surface area contributed by atoms with Crippen molar-refractivity contribution in [3.05, 3.63) is 35.9 Å². The van der Waals surface area contributed by atoms with Crippen LogP contribution in [0.4, 0.5) is 9.59 Å². The van der Waals surface area contributed by atoms with E-state index in [1.165, 1.54) is 14.7 Å². The van der Waals surface area contributed by atoms with E-state index < -0.39 is 23.8 Å². The van der Waals surface area contributed by atoms with Gasteiger partial charge in [0.05, 0.1) is 6.54 Å². The molecule has 1 fully saturated rings. The third-order valence-corrected chi connectivity index (χ3v) is 4.20. The van der Waals surface area contributed by atoms with Crippen molar-refractivity contribution in [1.82, 2.24) is 14.7 Å². The number of rotatable bonds is 3. The molecule has 1 aromatic carbocycles. The van der Waals surface area contributed by atoms with Gasteiger partial charge in [0.15, 0.2) is 0 Å². The molecule has 0 aromatic heterocycles. The highest BCUT2D eigenvalue weighted by molar-refractivity contribution is 5.86. The fourth-order valence-electron chi connectivity index (χ4n) is 2.81. The first kappa shape index (κ1) is 21.5. The summed E-state index contributed by atoms with van der Waals surface area (Å²) in [5.74, 6) is -0.273. The molecule has 28 heavy (non-hydrogen) atoms.